The summed E-state index contributed by atoms with van der Waals surface area (Å²) in [5, 5.41) is 2.63. The summed E-state index contributed by atoms with van der Waals surface area (Å²) in [6, 6.07) is 11.7. The van der Waals surface area contributed by atoms with E-state index in [2.05, 4.69) is 21.2 Å². The van der Waals surface area contributed by atoms with Crippen LogP contribution in [0.2, 0.25) is 0 Å². The van der Waals surface area contributed by atoms with Crippen LogP contribution < -0.4 is 5.32 Å². The average molecular weight is 358 g/mol. The maximum Gasteiger partial charge on any atom is 0.416 e. The Morgan fingerprint density at radius 3 is 2.38 bits per heavy atom. The molecule has 2 aromatic rings. The molecule has 1 N–H and O–H groups in total. The van der Waals surface area contributed by atoms with Gasteiger partial charge >= 0.3 is 6.18 Å². The minimum Gasteiger partial charge on any atom is -0.326 e. The topological polar surface area (TPSA) is 29.1 Å². The van der Waals surface area contributed by atoms with Crippen molar-refractivity contribution in [3.63, 3.8) is 0 Å². The van der Waals surface area contributed by atoms with Crippen molar-refractivity contribution in [2.75, 3.05) is 5.32 Å². The number of alkyl halides is 3. The predicted octanol–water partition coefficient (Wildman–Crippen LogP) is 4.65. The lowest BCUT2D eigenvalue weighted by Crippen LogP contribution is -2.15. The van der Waals surface area contributed by atoms with Crippen molar-refractivity contribution in [3.8, 4) is 0 Å². The van der Waals surface area contributed by atoms with E-state index >= 15 is 0 Å². The Kier molecular flexibility index (Phi) is 4.67. The molecule has 0 saturated carbocycles. The van der Waals surface area contributed by atoms with Gasteiger partial charge in [0.15, 0.2) is 0 Å². The molecular formula is C15H11BrF3NO. The van der Waals surface area contributed by atoms with Gasteiger partial charge in [0.05, 0.1) is 12.0 Å². The molecular weight excluding hydrogens is 347 g/mol. The molecule has 0 unspecified atom stereocenters. The molecule has 21 heavy (non-hydrogen) atoms. The van der Waals surface area contributed by atoms with Gasteiger partial charge in [-0.05, 0) is 35.9 Å². The summed E-state index contributed by atoms with van der Waals surface area (Å²) in [5.41, 5.74) is 0.158. The molecule has 6 heteroatoms. The van der Waals surface area contributed by atoms with Crippen LogP contribution in [0.4, 0.5) is 18.9 Å². The Morgan fingerprint density at radius 1 is 1.10 bits per heavy atom. The smallest absolute Gasteiger partial charge is 0.326 e. The van der Waals surface area contributed by atoms with Gasteiger partial charge in [0, 0.05) is 10.2 Å². The first kappa shape index (κ1) is 15.6. The maximum absolute atomic E-state index is 12.6. The number of benzene rings is 2. The summed E-state index contributed by atoms with van der Waals surface area (Å²) < 4.78 is 38.6. The molecule has 0 bridgehead atoms. The second kappa shape index (κ2) is 6.30. The van der Waals surface area contributed by atoms with Gasteiger partial charge in [-0.15, -0.1) is 0 Å². The van der Waals surface area contributed by atoms with Crippen LogP contribution in [0.25, 0.3) is 0 Å². The fourth-order valence-electron chi connectivity index (χ4n) is 1.78. The van der Waals surface area contributed by atoms with Gasteiger partial charge in [0.25, 0.3) is 0 Å². The molecule has 2 rings (SSSR count). The van der Waals surface area contributed by atoms with Crippen LogP contribution in [0.15, 0.2) is 53.0 Å². The lowest BCUT2D eigenvalue weighted by molar-refractivity contribution is -0.137. The van der Waals surface area contributed by atoms with E-state index in [1.165, 1.54) is 12.1 Å². The number of nitrogens with one attached hydrogen (secondary N) is 1. The molecule has 0 saturated heterocycles. The number of hydrogen-bond acceptors (Lipinski definition) is 1. The SMILES string of the molecule is O=C(Cc1cccc(C(F)(F)F)c1)Nc1ccc(Br)cc1. The highest BCUT2D eigenvalue weighted by Gasteiger charge is 2.30. The molecule has 2 aromatic carbocycles. The van der Waals surface area contributed by atoms with Crippen molar-refractivity contribution in [1.82, 2.24) is 0 Å². The summed E-state index contributed by atoms with van der Waals surface area (Å²) in [7, 11) is 0. The molecule has 0 spiro atoms. The summed E-state index contributed by atoms with van der Waals surface area (Å²) in [6.07, 6.45) is -4.52. The Bertz CT molecular complexity index is 638. The Labute approximate surface area is 128 Å². The van der Waals surface area contributed by atoms with E-state index in [1.807, 2.05) is 0 Å². The van der Waals surface area contributed by atoms with Crippen molar-refractivity contribution in [2.45, 2.75) is 12.6 Å². The fraction of sp³-hybridized carbons (Fsp3) is 0.133. The zero-order valence-electron chi connectivity index (χ0n) is 10.7. The summed E-state index contributed by atoms with van der Waals surface area (Å²) in [6.45, 7) is 0. The highest BCUT2D eigenvalue weighted by Crippen LogP contribution is 2.29. The van der Waals surface area contributed by atoms with Crippen molar-refractivity contribution >= 4 is 27.5 Å². The third-order valence-corrected chi connectivity index (χ3v) is 3.28. The van der Waals surface area contributed by atoms with Gasteiger partial charge < -0.3 is 5.32 Å². The number of amides is 1. The number of carbonyl (C=O) groups excluding carboxylic acids is 1. The van der Waals surface area contributed by atoms with E-state index in [4.69, 9.17) is 0 Å². The lowest BCUT2D eigenvalue weighted by Gasteiger charge is -2.09. The fourth-order valence-corrected chi connectivity index (χ4v) is 2.05. The molecule has 0 aliphatic carbocycles. The largest absolute Gasteiger partial charge is 0.416 e. The Morgan fingerprint density at radius 2 is 1.76 bits per heavy atom. The first-order chi connectivity index (χ1) is 9.84. The van der Waals surface area contributed by atoms with E-state index < -0.39 is 11.7 Å². The van der Waals surface area contributed by atoms with Crippen LogP contribution in [0.5, 0.6) is 0 Å². The number of hydrogen-bond donors (Lipinski definition) is 1. The average Bonchev–Trinajstić information content (AvgIpc) is 2.41. The van der Waals surface area contributed by atoms with Gasteiger partial charge in [-0.3, -0.25) is 4.79 Å². The van der Waals surface area contributed by atoms with Crippen molar-refractivity contribution < 1.29 is 18.0 Å². The quantitative estimate of drug-likeness (QED) is 0.850. The molecule has 0 aliphatic rings. The van der Waals surface area contributed by atoms with Crippen LogP contribution in [0.3, 0.4) is 0 Å². The van der Waals surface area contributed by atoms with E-state index in [1.54, 1.807) is 24.3 Å². The Balaban J connectivity index is 2.04. The highest BCUT2D eigenvalue weighted by molar-refractivity contribution is 9.10. The zero-order chi connectivity index (χ0) is 15.5. The maximum atomic E-state index is 12.6. The standard InChI is InChI=1S/C15H11BrF3NO/c16-12-4-6-13(7-5-12)20-14(21)9-10-2-1-3-11(8-10)15(17,18)19/h1-8H,9H2,(H,20,21). The second-order valence-corrected chi connectivity index (χ2v) is 5.35. The van der Waals surface area contributed by atoms with Crippen LogP contribution in [0, 0.1) is 0 Å². The lowest BCUT2D eigenvalue weighted by atomic mass is 10.1. The minimum absolute atomic E-state index is 0.111. The minimum atomic E-state index is -4.40. The van der Waals surface area contributed by atoms with Gasteiger partial charge in [0.1, 0.15) is 0 Å². The second-order valence-electron chi connectivity index (χ2n) is 4.43. The van der Waals surface area contributed by atoms with Crippen molar-refractivity contribution in [3.05, 3.63) is 64.1 Å². The van der Waals surface area contributed by atoms with Crippen LogP contribution in [-0.4, -0.2) is 5.91 Å². The number of anilines is 1. The summed E-state index contributed by atoms with van der Waals surface area (Å²) >= 11 is 3.27. The zero-order valence-corrected chi connectivity index (χ0v) is 12.3. The number of halogens is 4. The van der Waals surface area contributed by atoms with Gasteiger partial charge in [-0.25, -0.2) is 0 Å². The summed E-state index contributed by atoms with van der Waals surface area (Å²) in [5.74, 6) is -0.364. The van der Waals surface area contributed by atoms with Crippen LogP contribution in [0.1, 0.15) is 11.1 Å². The third kappa shape index (κ3) is 4.60. The third-order valence-electron chi connectivity index (χ3n) is 2.75. The molecule has 1 amide bonds. The van der Waals surface area contributed by atoms with Crippen molar-refractivity contribution in [2.24, 2.45) is 0 Å². The first-order valence-corrected chi connectivity index (χ1v) is 6.85. The molecule has 0 fully saturated rings. The molecule has 0 atom stereocenters. The number of carbonyl (C=O) groups is 1. The number of rotatable bonds is 3. The molecule has 0 radical (unpaired) electrons. The van der Waals surface area contributed by atoms with Crippen LogP contribution in [-0.2, 0) is 17.4 Å². The van der Waals surface area contributed by atoms with Crippen molar-refractivity contribution in [1.29, 1.82) is 0 Å². The van der Waals surface area contributed by atoms with E-state index in [0.29, 0.717) is 11.3 Å². The van der Waals surface area contributed by atoms with Crippen LogP contribution >= 0.6 is 15.9 Å². The van der Waals surface area contributed by atoms with E-state index in [0.717, 1.165) is 16.6 Å². The Hall–Kier alpha value is -1.82. The molecule has 110 valence electrons. The highest BCUT2D eigenvalue weighted by atomic mass is 79.9. The molecule has 2 nitrogen and oxygen atoms in total. The monoisotopic (exact) mass is 357 g/mol. The first-order valence-electron chi connectivity index (χ1n) is 6.06. The molecule has 0 aliphatic heterocycles. The van der Waals surface area contributed by atoms with E-state index in [9.17, 15) is 18.0 Å². The normalized spacial score (nSPS) is 11.2. The van der Waals surface area contributed by atoms with Gasteiger partial charge in [0.2, 0.25) is 5.91 Å². The predicted molar refractivity (Wildman–Crippen MR) is 77.9 cm³/mol. The molecule has 0 heterocycles. The summed E-state index contributed by atoms with van der Waals surface area (Å²) in [4.78, 5) is 11.8. The molecule has 0 aromatic heterocycles. The van der Waals surface area contributed by atoms with Gasteiger partial charge in [-0.2, -0.15) is 13.2 Å². The van der Waals surface area contributed by atoms with Gasteiger partial charge in [-0.1, -0.05) is 34.1 Å². The van der Waals surface area contributed by atoms with E-state index in [-0.39, 0.29) is 12.3 Å².